The summed E-state index contributed by atoms with van der Waals surface area (Å²) in [6.07, 6.45) is -4.81. The summed E-state index contributed by atoms with van der Waals surface area (Å²) in [6.45, 7) is 0. The Morgan fingerprint density at radius 1 is 1.29 bits per heavy atom. The number of alkyl halides is 3. The second-order valence-corrected chi connectivity index (χ2v) is 4.45. The second kappa shape index (κ2) is 7.27. The molecule has 0 saturated carbocycles. The van der Waals surface area contributed by atoms with Gasteiger partial charge in [-0.3, -0.25) is 0 Å². The Morgan fingerprint density at radius 3 is 2.38 bits per heavy atom. The van der Waals surface area contributed by atoms with E-state index in [1.807, 2.05) is 0 Å². The third kappa shape index (κ3) is 4.90. The van der Waals surface area contributed by atoms with E-state index in [0.717, 1.165) is 12.1 Å². The second-order valence-electron chi connectivity index (χ2n) is 3.58. The lowest BCUT2D eigenvalue weighted by atomic mass is 10.1. The first kappa shape index (κ1) is 17.2. The molecule has 1 atom stereocenters. The first-order valence-electron chi connectivity index (χ1n) is 5.36. The Balaban J connectivity index is 3.18. The highest BCUT2D eigenvalue weighted by Crippen LogP contribution is 2.31. The van der Waals surface area contributed by atoms with E-state index in [1.165, 1.54) is 20.3 Å². The molecule has 1 unspecified atom stereocenters. The molecule has 1 aromatic carbocycles. The van der Waals surface area contributed by atoms with Crippen molar-refractivity contribution < 1.29 is 36.2 Å². The van der Waals surface area contributed by atoms with Gasteiger partial charge in [0.15, 0.2) is 28.3 Å². The summed E-state index contributed by atoms with van der Waals surface area (Å²) in [6, 6.07) is 3.47. The maximum absolute atomic E-state index is 12.9. The molecule has 0 amide bonds. The van der Waals surface area contributed by atoms with Crippen LogP contribution in [0, 0.1) is 0 Å². The van der Waals surface area contributed by atoms with Crippen LogP contribution in [0.3, 0.4) is 0 Å². The Morgan fingerprint density at radius 2 is 1.90 bits per heavy atom. The van der Waals surface area contributed by atoms with Gasteiger partial charge in [-0.25, -0.2) is 4.21 Å². The summed E-state index contributed by atoms with van der Waals surface area (Å²) in [4.78, 5) is 4.21. The highest BCUT2D eigenvalue weighted by molar-refractivity contribution is 7.79. The zero-order valence-electron chi connectivity index (χ0n) is 11.0. The van der Waals surface area contributed by atoms with Gasteiger partial charge in [-0.05, 0) is 18.2 Å². The SMILES string of the molecule is COc1ccc(C(=NOCS(=O)O)C(F)(F)F)cc1OC. The van der Waals surface area contributed by atoms with Gasteiger partial charge in [0.05, 0.1) is 14.2 Å². The summed E-state index contributed by atoms with van der Waals surface area (Å²) in [5, 5.41) is 2.88. The zero-order chi connectivity index (χ0) is 16.0. The van der Waals surface area contributed by atoms with Crippen molar-refractivity contribution >= 4 is 16.8 Å². The van der Waals surface area contributed by atoms with E-state index >= 15 is 0 Å². The lowest BCUT2D eigenvalue weighted by Gasteiger charge is -2.13. The molecule has 0 aliphatic heterocycles. The van der Waals surface area contributed by atoms with Crippen LogP contribution in [0.2, 0.25) is 0 Å². The summed E-state index contributed by atoms with van der Waals surface area (Å²) < 4.78 is 67.4. The van der Waals surface area contributed by atoms with E-state index in [9.17, 15) is 17.4 Å². The summed E-state index contributed by atoms with van der Waals surface area (Å²) in [7, 11) is 2.62. The molecule has 118 valence electrons. The molecule has 0 aliphatic carbocycles. The molecule has 0 aliphatic rings. The predicted octanol–water partition coefficient (Wildman–Crippen LogP) is 2.17. The van der Waals surface area contributed by atoms with Gasteiger partial charge in [0.2, 0.25) is 5.94 Å². The van der Waals surface area contributed by atoms with E-state index in [2.05, 4.69) is 9.99 Å². The first-order valence-corrected chi connectivity index (χ1v) is 6.64. The highest BCUT2D eigenvalue weighted by atomic mass is 32.2. The first-order chi connectivity index (χ1) is 9.79. The number of halogens is 3. The van der Waals surface area contributed by atoms with Crippen molar-refractivity contribution in [3.63, 3.8) is 0 Å². The number of oxime groups is 1. The van der Waals surface area contributed by atoms with E-state index in [-0.39, 0.29) is 17.1 Å². The normalized spacial score (nSPS) is 13.7. The number of hydrogen-bond donors (Lipinski definition) is 1. The number of benzene rings is 1. The van der Waals surface area contributed by atoms with Crippen LogP contribution in [0.4, 0.5) is 13.2 Å². The standard InChI is InChI=1S/C11H12F3NO5S/c1-18-8-4-3-7(5-9(8)19-2)10(11(12,13)14)15-20-6-21(16)17/h3-5H,6H2,1-2H3,(H,16,17). The van der Waals surface area contributed by atoms with Crippen LogP contribution in [0.25, 0.3) is 0 Å². The van der Waals surface area contributed by atoms with Gasteiger partial charge in [-0.1, -0.05) is 5.16 Å². The fourth-order valence-corrected chi connectivity index (χ4v) is 1.53. The van der Waals surface area contributed by atoms with E-state index < -0.39 is 28.9 Å². The smallest absolute Gasteiger partial charge is 0.437 e. The number of nitrogens with zero attached hydrogens (tertiary/aromatic N) is 1. The molecule has 21 heavy (non-hydrogen) atoms. The maximum atomic E-state index is 12.9. The number of ether oxygens (including phenoxy) is 2. The predicted molar refractivity (Wildman–Crippen MR) is 68.9 cm³/mol. The van der Waals surface area contributed by atoms with Gasteiger partial charge < -0.3 is 18.9 Å². The van der Waals surface area contributed by atoms with Crippen molar-refractivity contribution in [2.24, 2.45) is 5.16 Å². The number of methoxy groups -OCH3 is 2. The Labute approximate surface area is 120 Å². The van der Waals surface area contributed by atoms with Crippen LogP contribution in [0.1, 0.15) is 5.56 Å². The molecular weight excluding hydrogens is 315 g/mol. The lowest BCUT2D eigenvalue weighted by Crippen LogP contribution is -2.24. The molecule has 0 saturated heterocycles. The van der Waals surface area contributed by atoms with Crippen LogP contribution in [0.15, 0.2) is 23.4 Å². The average Bonchev–Trinajstić information content (AvgIpc) is 2.41. The largest absolute Gasteiger partial charge is 0.493 e. The van der Waals surface area contributed by atoms with Gasteiger partial charge in [-0.15, -0.1) is 0 Å². The molecule has 6 nitrogen and oxygen atoms in total. The molecule has 0 heterocycles. The van der Waals surface area contributed by atoms with Crippen LogP contribution in [0.5, 0.6) is 11.5 Å². The average molecular weight is 327 g/mol. The van der Waals surface area contributed by atoms with Crippen molar-refractivity contribution in [1.82, 2.24) is 0 Å². The summed E-state index contributed by atoms with van der Waals surface area (Å²) >= 11 is -2.42. The van der Waals surface area contributed by atoms with Gasteiger partial charge in [0.1, 0.15) is 0 Å². The molecule has 10 heteroatoms. The van der Waals surface area contributed by atoms with Crippen molar-refractivity contribution in [3.05, 3.63) is 23.8 Å². The molecule has 0 radical (unpaired) electrons. The van der Waals surface area contributed by atoms with Crippen molar-refractivity contribution in [2.75, 3.05) is 20.2 Å². The van der Waals surface area contributed by atoms with E-state index in [0.29, 0.717) is 0 Å². The topological polar surface area (TPSA) is 77.4 Å². The van der Waals surface area contributed by atoms with E-state index in [4.69, 9.17) is 14.0 Å². The van der Waals surface area contributed by atoms with Crippen molar-refractivity contribution in [2.45, 2.75) is 6.18 Å². The number of hydrogen-bond acceptors (Lipinski definition) is 5. The molecule has 0 bridgehead atoms. The maximum Gasteiger partial charge on any atom is 0.437 e. The third-order valence-corrected chi connectivity index (χ3v) is 2.54. The molecular formula is C11H12F3NO5S. The number of rotatable bonds is 6. The Hall–Kier alpha value is -1.81. The highest BCUT2D eigenvalue weighted by Gasteiger charge is 2.38. The van der Waals surface area contributed by atoms with Gasteiger partial charge >= 0.3 is 6.18 Å². The van der Waals surface area contributed by atoms with Gasteiger partial charge in [-0.2, -0.15) is 13.2 Å². The van der Waals surface area contributed by atoms with Crippen LogP contribution < -0.4 is 9.47 Å². The van der Waals surface area contributed by atoms with Crippen LogP contribution in [-0.4, -0.2) is 40.8 Å². The lowest BCUT2D eigenvalue weighted by molar-refractivity contribution is -0.0610. The molecule has 1 rings (SSSR count). The molecule has 0 fully saturated rings. The molecule has 1 N–H and O–H groups in total. The zero-order valence-corrected chi connectivity index (χ0v) is 11.8. The van der Waals surface area contributed by atoms with Crippen molar-refractivity contribution in [3.8, 4) is 11.5 Å². The fraction of sp³-hybridized carbons (Fsp3) is 0.364. The van der Waals surface area contributed by atoms with Crippen molar-refractivity contribution in [1.29, 1.82) is 0 Å². The minimum absolute atomic E-state index is 0.0812. The van der Waals surface area contributed by atoms with Gasteiger partial charge in [0.25, 0.3) is 0 Å². The third-order valence-electron chi connectivity index (χ3n) is 2.23. The monoisotopic (exact) mass is 327 g/mol. The quantitative estimate of drug-likeness (QED) is 0.492. The minimum atomic E-state index is -4.81. The van der Waals surface area contributed by atoms with Gasteiger partial charge in [0, 0.05) is 5.56 Å². The minimum Gasteiger partial charge on any atom is -0.493 e. The molecule has 0 spiro atoms. The fourth-order valence-electron chi connectivity index (χ4n) is 1.39. The molecule has 0 aromatic heterocycles. The van der Waals surface area contributed by atoms with Crippen LogP contribution in [-0.2, 0) is 15.9 Å². The van der Waals surface area contributed by atoms with E-state index in [1.54, 1.807) is 0 Å². The summed E-state index contributed by atoms with van der Waals surface area (Å²) in [5.41, 5.74) is -1.68. The molecule has 1 aromatic rings. The Kier molecular flexibility index (Phi) is 5.97. The summed E-state index contributed by atoms with van der Waals surface area (Å²) in [5.74, 6) is -0.537. The van der Waals surface area contributed by atoms with Crippen LogP contribution >= 0.6 is 0 Å². The Bertz CT molecular complexity index is 547.